The number of hydrogen-bond donors (Lipinski definition) is 2. The highest BCUT2D eigenvalue weighted by molar-refractivity contribution is 6.42. The van der Waals surface area contributed by atoms with Crippen LogP contribution in [0.2, 0.25) is 10.0 Å². The van der Waals surface area contributed by atoms with Gasteiger partial charge in [-0.05, 0) is 17.7 Å². The van der Waals surface area contributed by atoms with Gasteiger partial charge in [-0.15, -0.1) is 0 Å². The molecule has 2 N–H and O–H groups in total. The van der Waals surface area contributed by atoms with Crippen molar-refractivity contribution in [2.45, 2.75) is 0 Å². The van der Waals surface area contributed by atoms with Gasteiger partial charge in [0.05, 0.1) is 43.3 Å². The van der Waals surface area contributed by atoms with Gasteiger partial charge in [-0.1, -0.05) is 35.8 Å². The molecule has 1 aromatic carbocycles. The number of halogens is 2. The first-order valence-electron chi connectivity index (χ1n) is 6.03. The van der Waals surface area contributed by atoms with Gasteiger partial charge in [-0.2, -0.15) is 0 Å². The van der Waals surface area contributed by atoms with E-state index in [2.05, 4.69) is 24.1 Å². The molecule has 2 rings (SSSR count). The van der Waals surface area contributed by atoms with Gasteiger partial charge in [-0.3, -0.25) is 0 Å². The fourth-order valence-corrected chi connectivity index (χ4v) is 2.24. The van der Waals surface area contributed by atoms with Crippen LogP contribution in [0.4, 0.5) is 0 Å². The molecule has 0 bridgehead atoms. The lowest BCUT2D eigenvalue weighted by atomic mass is 10.2. The molecule has 1 aliphatic heterocycles. The lowest BCUT2D eigenvalue weighted by Crippen LogP contribution is -3.12. The quantitative estimate of drug-likeness (QED) is 0.873. The summed E-state index contributed by atoms with van der Waals surface area (Å²) < 4.78 is 0. The summed E-state index contributed by atoms with van der Waals surface area (Å²) in [5, 5.41) is 3.31. The molecule has 5 heteroatoms. The summed E-state index contributed by atoms with van der Waals surface area (Å²) in [4.78, 5) is 1.56. The van der Waals surface area contributed by atoms with E-state index in [1.807, 2.05) is 12.1 Å². The van der Waals surface area contributed by atoms with E-state index in [0.29, 0.717) is 10.0 Å². The molecular formula is C13H18Cl2N3+. The monoisotopic (exact) mass is 286 g/mol. The zero-order chi connectivity index (χ0) is 13.1. The Kier molecular flexibility index (Phi) is 4.51. The highest BCUT2D eigenvalue weighted by Gasteiger charge is 2.16. The zero-order valence-electron chi connectivity index (χ0n) is 10.5. The lowest BCUT2D eigenvalue weighted by Gasteiger charge is -2.31. The molecule has 1 aliphatic rings. The van der Waals surface area contributed by atoms with Crippen LogP contribution < -0.4 is 10.3 Å². The minimum absolute atomic E-state index is 0.555. The molecule has 0 amide bonds. The third-order valence-electron chi connectivity index (χ3n) is 3.18. The van der Waals surface area contributed by atoms with Gasteiger partial charge in [0, 0.05) is 5.70 Å². The van der Waals surface area contributed by atoms with Crippen molar-refractivity contribution in [3.05, 3.63) is 40.4 Å². The van der Waals surface area contributed by atoms with E-state index in [4.69, 9.17) is 23.2 Å². The van der Waals surface area contributed by atoms with E-state index in [1.54, 1.807) is 11.0 Å². The number of hydrogen-bond acceptors (Lipinski definition) is 2. The van der Waals surface area contributed by atoms with E-state index >= 15 is 0 Å². The Morgan fingerprint density at radius 3 is 2.56 bits per heavy atom. The highest BCUT2D eigenvalue weighted by Crippen LogP contribution is 2.24. The average Bonchev–Trinajstić information content (AvgIpc) is 2.35. The van der Waals surface area contributed by atoms with E-state index in [0.717, 1.165) is 37.4 Å². The molecule has 0 unspecified atom stereocenters. The standard InChI is InChI=1S/C13H17Cl2N3/c1-10(11-3-4-12(14)13(15)9-11)16-18-7-5-17(2)6-8-18/h3-4,9,16H,1,5-8H2,2H3/p+1. The van der Waals surface area contributed by atoms with Crippen molar-refractivity contribution in [2.75, 3.05) is 33.2 Å². The number of nitrogens with one attached hydrogen (secondary N) is 2. The Morgan fingerprint density at radius 1 is 1.28 bits per heavy atom. The topological polar surface area (TPSA) is 19.7 Å². The Hall–Kier alpha value is -0.740. The maximum atomic E-state index is 6.00. The number of quaternary nitrogens is 1. The molecule has 0 aromatic heterocycles. The Bertz CT molecular complexity index is 440. The summed E-state index contributed by atoms with van der Waals surface area (Å²) in [6.45, 7) is 8.37. The maximum Gasteiger partial charge on any atom is 0.0917 e. The van der Waals surface area contributed by atoms with Gasteiger partial charge in [0.15, 0.2) is 0 Å². The number of nitrogens with zero attached hydrogens (tertiary/aromatic N) is 1. The Morgan fingerprint density at radius 2 is 1.94 bits per heavy atom. The Balaban J connectivity index is 1.97. The number of rotatable bonds is 3. The average molecular weight is 287 g/mol. The SMILES string of the molecule is C=C(NN1CC[NH+](C)CC1)c1ccc(Cl)c(Cl)c1. The first-order chi connectivity index (χ1) is 8.56. The Labute approximate surface area is 118 Å². The van der Waals surface area contributed by atoms with Crippen molar-refractivity contribution in [1.29, 1.82) is 0 Å². The van der Waals surface area contributed by atoms with Crippen LogP contribution in [0, 0.1) is 0 Å². The smallest absolute Gasteiger partial charge is 0.0917 e. The molecule has 1 saturated heterocycles. The molecule has 1 heterocycles. The maximum absolute atomic E-state index is 6.00. The fraction of sp³-hybridized carbons (Fsp3) is 0.385. The predicted molar refractivity (Wildman–Crippen MR) is 76.8 cm³/mol. The van der Waals surface area contributed by atoms with Gasteiger partial charge < -0.3 is 10.3 Å². The van der Waals surface area contributed by atoms with Crippen LogP contribution >= 0.6 is 23.2 Å². The van der Waals surface area contributed by atoms with Crippen LogP contribution in [0.15, 0.2) is 24.8 Å². The summed E-state index contributed by atoms with van der Waals surface area (Å²) in [5.74, 6) is 0. The summed E-state index contributed by atoms with van der Waals surface area (Å²) >= 11 is 11.9. The molecule has 0 radical (unpaired) electrons. The van der Waals surface area contributed by atoms with Crippen LogP contribution in [-0.4, -0.2) is 38.2 Å². The van der Waals surface area contributed by atoms with Crippen molar-refractivity contribution < 1.29 is 4.90 Å². The van der Waals surface area contributed by atoms with Crippen LogP contribution in [0.1, 0.15) is 5.56 Å². The summed E-state index contributed by atoms with van der Waals surface area (Å²) in [7, 11) is 2.21. The zero-order valence-corrected chi connectivity index (χ0v) is 12.0. The lowest BCUT2D eigenvalue weighted by molar-refractivity contribution is -0.884. The van der Waals surface area contributed by atoms with E-state index in [9.17, 15) is 0 Å². The third-order valence-corrected chi connectivity index (χ3v) is 3.92. The van der Waals surface area contributed by atoms with Gasteiger partial charge in [-0.25, -0.2) is 5.01 Å². The van der Waals surface area contributed by atoms with Crippen molar-refractivity contribution in [2.24, 2.45) is 0 Å². The highest BCUT2D eigenvalue weighted by atomic mass is 35.5. The van der Waals surface area contributed by atoms with Crippen molar-refractivity contribution in [3.63, 3.8) is 0 Å². The predicted octanol–water partition coefficient (Wildman–Crippen LogP) is 1.30. The molecule has 0 atom stereocenters. The van der Waals surface area contributed by atoms with E-state index in [1.165, 1.54) is 0 Å². The molecule has 0 saturated carbocycles. The first-order valence-corrected chi connectivity index (χ1v) is 6.79. The molecule has 1 aromatic rings. The largest absolute Gasteiger partial charge is 0.335 e. The number of hydrazine groups is 1. The normalized spacial score (nSPS) is 17.7. The van der Waals surface area contributed by atoms with Crippen LogP contribution in [-0.2, 0) is 0 Å². The van der Waals surface area contributed by atoms with Gasteiger partial charge in [0.2, 0.25) is 0 Å². The molecule has 98 valence electrons. The second-order valence-corrected chi connectivity index (χ2v) is 5.48. The summed E-state index contributed by atoms with van der Waals surface area (Å²) in [6.07, 6.45) is 0. The molecule has 3 nitrogen and oxygen atoms in total. The number of likely N-dealkylation sites (N-methyl/N-ethyl adjacent to an activating group) is 1. The second-order valence-electron chi connectivity index (χ2n) is 4.66. The molecule has 1 fully saturated rings. The van der Waals surface area contributed by atoms with Crippen molar-refractivity contribution in [3.8, 4) is 0 Å². The van der Waals surface area contributed by atoms with Crippen LogP contribution in [0.3, 0.4) is 0 Å². The summed E-state index contributed by atoms with van der Waals surface area (Å²) in [5.41, 5.74) is 5.15. The molecular weight excluding hydrogens is 269 g/mol. The van der Waals surface area contributed by atoms with Crippen LogP contribution in [0.25, 0.3) is 5.70 Å². The number of benzene rings is 1. The molecule has 0 aliphatic carbocycles. The number of piperazine rings is 1. The van der Waals surface area contributed by atoms with E-state index in [-0.39, 0.29) is 0 Å². The third kappa shape index (κ3) is 3.39. The van der Waals surface area contributed by atoms with Crippen molar-refractivity contribution in [1.82, 2.24) is 10.4 Å². The second kappa shape index (κ2) is 5.93. The summed E-state index contributed by atoms with van der Waals surface area (Å²) in [6, 6.07) is 5.55. The fourth-order valence-electron chi connectivity index (χ4n) is 1.94. The van der Waals surface area contributed by atoms with E-state index < -0.39 is 0 Å². The van der Waals surface area contributed by atoms with Crippen molar-refractivity contribution >= 4 is 28.9 Å². The minimum atomic E-state index is 0.555. The van der Waals surface area contributed by atoms with Gasteiger partial charge >= 0.3 is 0 Å². The molecule has 0 spiro atoms. The first kappa shape index (κ1) is 13.7. The van der Waals surface area contributed by atoms with Gasteiger partial charge in [0.1, 0.15) is 0 Å². The van der Waals surface area contributed by atoms with Crippen LogP contribution in [0.5, 0.6) is 0 Å². The minimum Gasteiger partial charge on any atom is -0.335 e. The van der Waals surface area contributed by atoms with Gasteiger partial charge in [0.25, 0.3) is 0 Å². The molecule has 18 heavy (non-hydrogen) atoms.